The summed E-state index contributed by atoms with van der Waals surface area (Å²) in [6.45, 7) is 5.52. The van der Waals surface area contributed by atoms with Gasteiger partial charge in [-0.1, -0.05) is 13.3 Å². The van der Waals surface area contributed by atoms with E-state index in [-0.39, 0.29) is 19.1 Å². The maximum absolute atomic E-state index is 10.1. The van der Waals surface area contributed by atoms with Gasteiger partial charge in [-0.25, -0.2) is 0 Å². The minimum absolute atomic E-state index is 0.0512. The average Bonchev–Trinajstić information content (AvgIpc) is 2.13. The molecule has 0 aromatic heterocycles. The number of carbonyl (C=O) groups is 1. The Balaban J connectivity index is 3.18. The average molecular weight is 204 g/mol. The van der Waals surface area contributed by atoms with Gasteiger partial charge in [0.1, 0.15) is 0 Å². The van der Waals surface area contributed by atoms with E-state index >= 15 is 0 Å². The Hall–Kier alpha value is -0.610. The maximum Gasteiger partial charge on any atom is 0.305 e. The normalized spacial score (nSPS) is 12.7. The third-order valence-electron chi connectivity index (χ3n) is 1.71. The van der Waals surface area contributed by atoms with Gasteiger partial charge in [0.25, 0.3) is 0 Å². The molecule has 84 valence electrons. The van der Waals surface area contributed by atoms with Crippen molar-refractivity contribution in [3.63, 3.8) is 0 Å². The Labute approximate surface area is 85.2 Å². The van der Waals surface area contributed by atoms with Gasteiger partial charge in [0.2, 0.25) is 0 Å². The van der Waals surface area contributed by atoms with Crippen molar-refractivity contribution < 1.29 is 19.4 Å². The van der Waals surface area contributed by atoms with Gasteiger partial charge in [0.15, 0.2) is 0 Å². The van der Waals surface area contributed by atoms with E-state index in [9.17, 15) is 4.79 Å². The van der Waals surface area contributed by atoms with E-state index in [0.717, 1.165) is 19.4 Å². The Morgan fingerprint density at radius 3 is 2.71 bits per heavy atom. The minimum atomic E-state index is -0.829. The minimum Gasteiger partial charge on any atom is -0.481 e. The van der Waals surface area contributed by atoms with Crippen LogP contribution in [0.15, 0.2) is 0 Å². The summed E-state index contributed by atoms with van der Waals surface area (Å²) in [7, 11) is 0. The summed E-state index contributed by atoms with van der Waals surface area (Å²) in [5.74, 6) is -0.829. The van der Waals surface area contributed by atoms with Crippen molar-refractivity contribution >= 4 is 5.97 Å². The summed E-state index contributed by atoms with van der Waals surface area (Å²) in [6, 6.07) is 0. The summed E-state index contributed by atoms with van der Waals surface area (Å²) in [5, 5.41) is 8.34. The van der Waals surface area contributed by atoms with E-state index in [0.29, 0.717) is 6.61 Å². The molecule has 0 fully saturated rings. The van der Waals surface area contributed by atoms with Crippen LogP contribution in [0.2, 0.25) is 0 Å². The topological polar surface area (TPSA) is 55.8 Å². The third-order valence-corrected chi connectivity index (χ3v) is 1.71. The zero-order valence-corrected chi connectivity index (χ0v) is 8.99. The van der Waals surface area contributed by atoms with Gasteiger partial charge >= 0.3 is 5.97 Å². The number of ether oxygens (including phenoxy) is 2. The number of unbranched alkanes of at least 4 members (excludes halogenated alkanes) is 1. The monoisotopic (exact) mass is 204 g/mol. The highest BCUT2D eigenvalue weighted by molar-refractivity contribution is 5.66. The van der Waals surface area contributed by atoms with E-state index < -0.39 is 5.97 Å². The lowest BCUT2D eigenvalue weighted by Gasteiger charge is -2.12. The summed E-state index contributed by atoms with van der Waals surface area (Å²) in [4.78, 5) is 10.1. The summed E-state index contributed by atoms with van der Waals surface area (Å²) < 4.78 is 10.5. The van der Waals surface area contributed by atoms with Gasteiger partial charge in [0, 0.05) is 6.61 Å². The number of hydrogen-bond donors (Lipinski definition) is 1. The van der Waals surface area contributed by atoms with Crippen LogP contribution < -0.4 is 0 Å². The molecule has 0 aliphatic carbocycles. The molecule has 4 heteroatoms. The van der Waals surface area contributed by atoms with Crippen LogP contribution in [0, 0.1) is 0 Å². The Bertz CT molecular complexity index is 147. The number of rotatable bonds is 9. The van der Waals surface area contributed by atoms with Gasteiger partial charge < -0.3 is 14.6 Å². The Morgan fingerprint density at radius 2 is 2.14 bits per heavy atom. The molecule has 4 nitrogen and oxygen atoms in total. The van der Waals surface area contributed by atoms with E-state index in [1.54, 1.807) is 0 Å². The van der Waals surface area contributed by atoms with Crippen molar-refractivity contribution in [1.29, 1.82) is 0 Å². The molecule has 0 saturated heterocycles. The standard InChI is InChI=1S/C10H20O4/c1-3-4-6-14-9(2)8-13-7-5-10(11)12/h9H,3-8H2,1-2H3,(H,11,12). The summed E-state index contributed by atoms with van der Waals surface area (Å²) >= 11 is 0. The SMILES string of the molecule is CCCCOC(C)COCCC(=O)O. The van der Waals surface area contributed by atoms with E-state index in [1.807, 2.05) is 6.92 Å². The second-order valence-corrected chi connectivity index (χ2v) is 3.25. The van der Waals surface area contributed by atoms with Crippen molar-refractivity contribution in [2.75, 3.05) is 19.8 Å². The van der Waals surface area contributed by atoms with Gasteiger partial charge in [-0.3, -0.25) is 4.79 Å². The molecular formula is C10H20O4. The highest BCUT2D eigenvalue weighted by atomic mass is 16.5. The molecule has 1 atom stereocenters. The van der Waals surface area contributed by atoms with Crippen LogP contribution in [0.5, 0.6) is 0 Å². The number of carboxylic acids is 1. The molecule has 0 aliphatic heterocycles. The van der Waals surface area contributed by atoms with Gasteiger partial charge in [-0.2, -0.15) is 0 Å². The number of hydrogen-bond acceptors (Lipinski definition) is 3. The number of carboxylic acid groups (broad SMARTS) is 1. The van der Waals surface area contributed by atoms with Crippen molar-refractivity contribution in [2.45, 2.75) is 39.2 Å². The fourth-order valence-corrected chi connectivity index (χ4v) is 0.886. The predicted molar refractivity (Wildman–Crippen MR) is 53.4 cm³/mol. The van der Waals surface area contributed by atoms with Crippen molar-refractivity contribution in [3.8, 4) is 0 Å². The van der Waals surface area contributed by atoms with Crippen LogP contribution in [0.25, 0.3) is 0 Å². The molecule has 0 aromatic rings. The smallest absolute Gasteiger partial charge is 0.305 e. The predicted octanol–water partition coefficient (Wildman–Crippen LogP) is 1.68. The molecule has 1 N–H and O–H groups in total. The second kappa shape index (κ2) is 8.97. The first-order valence-corrected chi connectivity index (χ1v) is 5.08. The van der Waals surface area contributed by atoms with Crippen LogP contribution in [-0.2, 0) is 14.3 Å². The first kappa shape index (κ1) is 13.4. The molecule has 0 rings (SSSR count). The van der Waals surface area contributed by atoms with Crippen LogP contribution in [-0.4, -0.2) is 37.0 Å². The van der Waals surface area contributed by atoms with Crippen molar-refractivity contribution in [3.05, 3.63) is 0 Å². The molecule has 0 aromatic carbocycles. The summed E-state index contributed by atoms with van der Waals surface area (Å²) in [6.07, 6.45) is 2.28. The lowest BCUT2D eigenvalue weighted by molar-refractivity contribution is -0.138. The van der Waals surface area contributed by atoms with Crippen molar-refractivity contribution in [2.24, 2.45) is 0 Å². The zero-order chi connectivity index (χ0) is 10.8. The van der Waals surface area contributed by atoms with Gasteiger partial charge in [0.05, 0.1) is 25.7 Å². The fraction of sp³-hybridized carbons (Fsp3) is 0.900. The molecule has 0 spiro atoms. The first-order chi connectivity index (χ1) is 6.66. The van der Waals surface area contributed by atoms with E-state index in [4.69, 9.17) is 14.6 Å². The molecule has 0 heterocycles. The molecule has 0 radical (unpaired) electrons. The molecule has 0 amide bonds. The van der Waals surface area contributed by atoms with Crippen LogP contribution in [0.3, 0.4) is 0 Å². The lowest BCUT2D eigenvalue weighted by Crippen LogP contribution is -2.17. The Kier molecular flexibility index (Phi) is 8.57. The van der Waals surface area contributed by atoms with Crippen molar-refractivity contribution in [1.82, 2.24) is 0 Å². The molecule has 0 bridgehead atoms. The molecule has 14 heavy (non-hydrogen) atoms. The maximum atomic E-state index is 10.1. The van der Waals surface area contributed by atoms with Crippen LogP contribution in [0.1, 0.15) is 33.1 Å². The third kappa shape index (κ3) is 9.48. The molecule has 0 saturated carbocycles. The molecule has 1 unspecified atom stereocenters. The largest absolute Gasteiger partial charge is 0.481 e. The Morgan fingerprint density at radius 1 is 1.43 bits per heavy atom. The fourth-order valence-electron chi connectivity index (χ4n) is 0.886. The summed E-state index contributed by atoms with van der Waals surface area (Å²) in [5.41, 5.74) is 0. The zero-order valence-electron chi connectivity index (χ0n) is 8.99. The highest BCUT2D eigenvalue weighted by Crippen LogP contribution is 1.96. The molecule has 0 aliphatic rings. The first-order valence-electron chi connectivity index (χ1n) is 5.08. The van der Waals surface area contributed by atoms with Gasteiger partial charge in [-0.05, 0) is 13.3 Å². The number of aliphatic carboxylic acids is 1. The van der Waals surface area contributed by atoms with Crippen LogP contribution >= 0.6 is 0 Å². The highest BCUT2D eigenvalue weighted by Gasteiger charge is 2.02. The second-order valence-electron chi connectivity index (χ2n) is 3.25. The van der Waals surface area contributed by atoms with Crippen LogP contribution in [0.4, 0.5) is 0 Å². The van der Waals surface area contributed by atoms with Gasteiger partial charge in [-0.15, -0.1) is 0 Å². The lowest BCUT2D eigenvalue weighted by atomic mass is 10.3. The molecular weight excluding hydrogens is 184 g/mol. The van der Waals surface area contributed by atoms with E-state index in [1.165, 1.54) is 0 Å². The van der Waals surface area contributed by atoms with E-state index in [2.05, 4.69) is 6.92 Å². The quantitative estimate of drug-likeness (QED) is 0.580.